The van der Waals surface area contributed by atoms with Gasteiger partial charge in [-0.25, -0.2) is 4.79 Å². The summed E-state index contributed by atoms with van der Waals surface area (Å²) < 4.78 is 14.7. The maximum atomic E-state index is 11.0. The van der Waals surface area contributed by atoms with Crippen molar-refractivity contribution < 1.29 is 23.9 Å². The van der Waals surface area contributed by atoms with Crippen LogP contribution in [0.4, 0.5) is 0 Å². The number of carbonyl (C=O) groups is 1. The first-order chi connectivity index (χ1) is 7.47. The largest absolute Gasteiger partial charge is 0.450 e. The minimum atomic E-state index is -4.29. The molecule has 1 aromatic carbocycles. The molecule has 0 unspecified atom stereocenters. The van der Waals surface area contributed by atoms with E-state index in [1.807, 2.05) is 6.07 Å². The number of hydrogen-bond donors (Lipinski definition) is 2. The van der Waals surface area contributed by atoms with E-state index >= 15 is 0 Å². The molecule has 6 heteroatoms. The van der Waals surface area contributed by atoms with Gasteiger partial charge in [0.25, 0.3) is 0 Å². The summed E-state index contributed by atoms with van der Waals surface area (Å²) in [5.41, 5.74) is 0.802. The first-order valence-corrected chi connectivity index (χ1v) is 6.21. The van der Waals surface area contributed by atoms with Gasteiger partial charge in [-0.3, -0.25) is 4.57 Å². The Balaban J connectivity index is 2.46. The van der Waals surface area contributed by atoms with Gasteiger partial charge in [0.15, 0.2) is 6.35 Å². The van der Waals surface area contributed by atoms with E-state index in [9.17, 15) is 9.36 Å². The second kappa shape index (κ2) is 5.61. The molecule has 0 atom stereocenters. The minimum Gasteiger partial charge on any atom is -0.450 e. The van der Waals surface area contributed by atoms with Crippen LogP contribution >= 0.6 is 7.60 Å². The molecule has 2 N–H and O–H groups in total. The summed E-state index contributed by atoms with van der Waals surface area (Å²) >= 11 is 0. The minimum absolute atomic E-state index is 0.785. The van der Waals surface area contributed by atoms with Gasteiger partial charge in [-0.15, -0.1) is 0 Å². The molecule has 16 heavy (non-hydrogen) atoms. The average Bonchev–Trinajstić information content (AvgIpc) is 2.24. The number of ether oxygens (including phenoxy) is 1. The zero-order chi connectivity index (χ0) is 12.0. The molecule has 0 aromatic heterocycles. The molecule has 5 nitrogen and oxygen atoms in total. The molecule has 1 aromatic rings. The number of esters is 1. The average molecular weight is 242 g/mol. The Bertz CT molecular complexity index is 420. The fourth-order valence-corrected chi connectivity index (χ4v) is 1.22. The van der Waals surface area contributed by atoms with Crippen LogP contribution in [-0.4, -0.2) is 22.1 Å². The highest BCUT2D eigenvalue weighted by atomic mass is 31.2. The summed E-state index contributed by atoms with van der Waals surface area (Å²) in [5, 5.41) is 0. The maximum Gasteiger partial charge on any atom is 0.362 e. The van der Waals surface area contributed by atoms with Gasteiger partial charge < -0.3 is 14.5 Å². The third kappa shape index (κ3) is 5.46. The van der Waals surface area contributed by atoms with Crippen molar-refractivity contribution in [1.82, 2.24) is 0 Å². The highest BCUT2D eigenvalue weighted by Crippen LogP contribution is 2.33. The highest BCUT2D eigenvalue weighted by Gasteiger charge is 2.14. The van der Waals surface area contributed by atoms with Crippen molar-refractivity contribution in [3.8, 4) is 0 Å². The van der Waals surface area contributed by atoms with Gasteiger partial charge in [0.05, 0.1) is 0 Å². The van der Waals surface area contributed by atoms with Gasteiger partial charge in [-0.2, -0.15) is 0 Å². The Labute approximate surface area is 92.5 Å². The van der Waals surface area contributed by atoms with Crippen molar-refractivity contribution in [2.24, 2.45) is 0 Å². The van der Waals surface area contributed by atoms with Crippen LogP contribution in [0, 0.1) is 0 Å². The zero-order valence-corrected chi connectivity index (χ0v) is 9.21. The molecule has 0 amide bonds. The van der Waals surface area contributed by atoms with Gasteiger partial charge in [0, 0.05) is 6.08 Å². The molecule has 0 saturated heterocycles. The van der Waals surface area contributed by atoms with E-state index in [1.165, 1.54) is 6.08 Å². The number of carbonyl (C=O) groups excluding carboxylic acids is 1. The van der Waals surface area contributed by atoms with E-state index in [1.54, 1.807) is 24.3 Å². The van der Waals surface area contributed by atoms with Crippen LogP contribution in [0.2, 0.25) is 0 Å². The van der Waals surface area contributed by atoms with Crippen LogP contribution in [0.5, 0.6) is 0 Å². The lowest BCUT2D eigenvalue weighted by molar-refractivity contribution is -0.136. The lowest BCUT2D eigenvalue weighted by Crippen LogP contribution is -2.02. The SMILES string of the molecule is O=C(/C=C/c1ccccc1)OCP(=O)(O)O. The number of rotatable bonds is 4. The third-order valence-electron chi connectivity index (χ3n) is 1.59. The molecule has 0 radical (unpaired) electrons. The van der Waals surface area contributed by atoms with Crippen LogP contribution in [0.3, 0.4) is 0 Å². The summed E-state index contributed by atoms with van der Waals surface area (Å²) in [6, 6.07) is 9.02. The lowest BCUT2D eigenvalue weighted by Gasteiger charge is -2.02. The molecular formula is C10H11O5P. The molecule has 86 valence electrons. The Hall–Kier alpha value is -1.42. The monoisotopic (exact) mass is 242 g/mol. The van der Waals surface area contributed by atoms with Gasteiger partial charge >= 0.3 is 13.6 Å². The van der Waals surface area contributed by atoms with Crippen LogP contribution in [0.25, 0.3) is 6.08 Å². The first-order valence-electron chi connectivity index (χ1n) is 4.42. The van der Waals surface area contributed by atoms with Crippen molar-refractivity contribution >= 4 is 19.6 Å². The molecule has 0 aliphatic carbocycles. The van der Waals surface area contributed by atoms with Crippen LogP contribution in [-0.2, 0) is 14.1 Å². The number of benzene rings is 1. The van der Waals surface area contributed by atoms with Crippen molar-refractivity contribution in [2.45, 2.75) is 0 Å². The van der Waals surface area contributed by atoms with Gasteiger partial charge in [0.1, 0.15) is 0 Å². The molecule has 0 aliphatic rings. The quantitative estimate of drug-likeness (QED) is 0.473. The van der Waals surface area contributed by atoms with Crippen LogP contribution in [0.1, 0.15) is 5.56 Å². The Kier molecular flexibility index (Phi) is 4.43. The fourth-order valence-electron chi connectivity index (χ4n) is 0.924. The van der Waals surface area contributed by atoms with E-state index in [4.69, 9.17) is 9.79 Å². The molecule has 0 spiro atoms. The smallest absolute Gasteiger partial charge is 0.362 e. The van der Waals surface area contributed by atoms with Crippen molar-refractivity contribution in [3.05, 3.63) is 42.0 Å². The molecule has 1 rings (SSSR count). The predicted octanol–water partition coefficient (Wildman–Crippen LogP) is 1.38. The predicted molar refractivity (Wildman–Crippen MR) is 58.5 cm³/mol. The standard InChI is InChI=1S/C10H11O5P/c11-10(15-8-16(12,13)14)7-6-9-4-2-1-3-5-9/h1-7H,8H2,(H2,12,13,14)/b7-6+. The summed E-state index contributed by atoms with van der Waals surface area (Å²) in [6.45, 7) is 0. The summed E-state index contributed by atoms with van der Waals surface area (Å²) in [6.07, 6.45) is 1.72. The first kappa shape index (κ1) is 12.6. The molecule has 0 fully saturated rings. The van der Waals surface area contributed by atoms with E-state index in [0.29, 0.717) is 0 Å². The molecule has 0 aliphatic heterocycles. The van der Waals surface area contributed by atoms with Crippen LogP contribution in [0.15, 0.2) is 36.4 Å². The lowest BCUT2D eigenvalue weighted by atomic mass is 10.2. The topological polar surface area (TPSA) is 83.8 Å². The summed E-state index contributed by atoms with van der Waals surface area (Å²) in [4.78, 5) is 27.9. The second-order valence-electron chi connectivity index (χ2n) is 3.00. The maximum absolute atomic E-state index is 11.0. The van der Waals surface area contributed by atoms with E-state index < -0.39 is 19.9 Å². The fraction of sp³-hybridized carbons (Fsp3) is 0.100. The zero-order valence-electron chi connectivity index (χ0n) is 8.31. The van der Waals surface area contributed by atoms with E-state index in [-0.39, 0.29) is 0 Å². The third-order valence-corrected chi connectivity index (χ3v) is 2.05. The van der Waals surface area contributed by atoms with Crippen molar-refractivity contribution in [1.29, 1.82) is 0 Å². The summed E-state index contributed by atoms with van der Waals surface area (Å²) in [5.74, 6) is -0.785. The highest BCUT2D eigenvalue weighted by molar-refractivity contribution is 7.51. The Morgan fingerprint density at radius 2 is 1.94 bits per heavy atom. The van der Waals surface area contributed by atoms with Gasteiger partial charge in [0.2, 0.25) is 0 Å². The van der Waals surface area contributed by atoms with Gasteiger partial charge in [-0.05, 0) is 11.6 Å². The van der Waals surface area contributed by atoms with E-state index in [2.05, 4.69) is 4.74 Å². The Morgan fingerprint density at radius 3 is 2.50 bits per heavy atom. The second-order valence-corrected chi connectivity index (χ2v) is 4.59. The molecule has 0 saturated carbocycles. The number of hydrogen-bond acceptors (Lipinski definition) is 3. The van der Waals surface area contributed by atoms with E-state index in [0.717, 1.165) is 11.6 Å². The summed E-state index contributed by atoms with van der Waals surface area (Å²) in [7, 11) is -4.29. The molecule has 0 bridgehead atoms. The van der Waals surface area contributed by atoms with Crippen LogP contribution < -0.4 is 0 Å². The normalized spacial score (nSPS) is 11.6. The molecule has 0 heterocycles. The Morgan fingerprint density at radius 1 is 1.31 bits per heavy atom. The van der Waals surface area contributed by atoms with Crippen molar-refractivity contribution in [3.63, 3.8) is 0 Å². The van der Waals surface area contributed by atoms with Gasteiger partial charge in [-0.1, -0.05) is 30.3 Å². The van der Waals surface area contributed by atoms with Crippen molar-refractivity contribution in [2.75, 3.05) is 6.35 Å². The molecular weight excluding hydrogens is 231 g/mol.